The number of fused-ring (bicyclic) bond motifs is 2. The van der Waals surface area contributed by atoms with Crippen LogP contribution < -0.4 is 15.2 Å². The number of rotatable bonds is 6. The number of hydrogen-bond acceptors (Lipinski definition) is 3. The fourth-order valence-corrected chi connectivity index (χ4v) is 5.80. The molecule has 1 heterocycles. The number of aromatic nitrogens is 1. The first-order chi connectivity index (χ1) is 18.1. The van der Waals surface area contributed by atoms with Gasteiger partial charge in [-0.1, -0.05) is 25.3 Å². The van der Waals surface area contributed by atoms with Crippen LogP contribution in [0, 0.1) is 18.3 Å². The van der Waals surface area contributed by atoms with Gasteiger partial charge in [0.15, 0.2) is 5.69 Å². The maximum Gasteiger partial charge on any atom is 0.261 e. The van der Waals surface area contributed by atoms with Crippen molar-refractivity contribution in [3.63, 3.8) is 0 Å². The normalized spacial score (nSPS) is 15.4. The summed E-state index contributed by atoms with van der Waals surface area (Å²) in [5, 5.41) is 7.61. The number of carbonyl (C=O) groups excluding carboxylic acids is 1. The number of hydrogen-bond donors (Lipinski definition) is 2. The quantitative estimate of drug-likeness (QED) is 0.235. The molecule has 2 aliphatic rings. The standard InChI is InChI=1S/C31H33N3O2S/c1-2-17-34-28-14-7-6-11-23(28)18-25-20-27(15-16-29(25)34)32-30(35)24-12-8-13-26(19-24)33-31(37)36-21-22-9-4-3-5-10-22/h1,8,12-13,15-16,18-20,22H,3-7,9-11,14,17,21H2,(H-,32,33,35,37)/p+1. The van der Waals surface area contributed by atoms with Crippen LogP contribution in [0.2, 0.25) is 0 Å². The summed E-state index contributed by atoms with van der Waals surface area (Å²) in [4.78, 5) is 13.1. The van der Waals surface area contributed by atoms with Crippen molar-refractivity contribution in [3.05, 3.63) is 65.4 Å². The molecule has 0 saturated heterocycles. The summed E-state index contributed by atoms with van der Waals surface area (Å²) >= 11 is 5.39. The van der Waals surface area contributed by atoms with Gasteiger partial charge in [-0.05, 0) is 92.6 Å². The molecule has 5 rings (SSSR count). The molecular weight excluding hydrogens is 478 g/mol. The molecule has 0 radical (unpaired) electrons. The molecule has 2 aliphatic carbocycles. The largest absolute Gasteiger partial charge is 0.471 e. The molecule has 0 bridgehead atoms. The number of ether oxygens (including phenoxy) is 1. The molecule has 2 N–H and O–H groups in total. The summed E-state index contributed by atoms with van der Waals surface area (Å²) in [6.45, 7) is 1.20. The van der Waals surface area contributed by atoms with Gasteiger partial charge in [-0.15, -0.1) is 6.42 Å². The zero-order valence-corrected chi connectivity index (χ0v) is 22.0. The van der Waals surface area contributed by atoms with E-state index in [9.17, 15) is 4.79 Å². The highest BCUT2D eigenvalue weighted by Gasteiger charge is 2.23. The third-order valence-electron chi connectivity index (χ3n) is 7.51. The Labute approximate surface area is 224 Å². The minimum absolute atomic E-state index is 0.175. The maximum absolute atomic E-state index is 13.1. The van der Waals surface area contributed by atoms with Gasteiger partial charge in [-0.3, -0.25) is 4.79 Å². The average molecular weight is 513 g/mol. The van der Waals surface area contributed by atoms with Gasteiger partial charge in [0, 0.05) is 40.4 Å². The number of aryl methyl sites for hydroxylation is 1. The predicted octanol–water partition coefficient (Wildman–Crippen LogP) is 6.19. The topological polar surface area (TPSA) is 54.2 Å². The van der Waals surface area contributed by atoms with Crippen molar-refractivity contribution < 1.29 is 14.1 Å². The second-order valence-electron chi connectivity index (χ2n) is 10.1. The fraction of sp³-hybridized carbons (Fsp3) is 0.387. The number of pyridine rings is 1. The molecule has 1 fully saturated rings. The monoisotopic (exact) mass is 512 g/mol. The van der Waals surface area contributed by atoms with Gasteiger partial charge in [0.25, 0.3) is 11.1 Å². The molecule has 3 aromatic rings. The molecule has 5 nitrogen and oxygen atoms in total. The van der Waals surface area contributed by atoms with E-state index in [2.05, 4.69) is 33.3 Å². The SMILES string of the molecule is C#CC[n+]1c2c(cc3cc(NC(=O)c4cccc(NC(=S)OCC5CCCCC5)c4)ccc31)CCCC2. The van der Waals surface area contributed by atoms with Gasteiger partial charge in [-0.2, -0.15) is 4.57 Å². The highest BCUT2D eigenvalue weighted by atomic mass is 32.1. The van der Waals surface area contributed by atoms with Crippen molar-refractivity contribution in [1.82, 2.24) is 0 Å². The van der Waals surface area contributed by atoms with E-state index < -0.39 is 0 Å². The number of nitrogens with one attached hydrogen (secondary N) is 2. The minimum Gasteiger partial charge on any atom is -0.471 e. The molecule has 1 saturated carbocycles. The van der Waals surface area contributed by atoms with Crippen LogP contribution in [0.1, 0.15) is 66.6 Å². The van der Waals surface area contributed by atoms with Gasteiger partial charge in [0.05, 0.1) is 6.61 Å². The first-order valence-electron chi connectivity index (χ1n) is 13.4. The summed E-state index contributed by atoms with van der Waals surface area (Å²) < 4.78 is 8.05. The fourth-order valence-electron chi connectivity index (χ4n) is 5.62. The maximum atomic E-state index is 13.1. The van der Waals surface area contributed by atoms with Crippen LogP contribution in [0.3, 0.4) is 0 Å². The highest BCUT2D eigenvalue weighted by molar-refractivity contribution is 7.80. The van der Waals surface area contributed by atoms with Crippen molar-refractivity contribution in [2.24, 2.45) is 5.92 Å². The average Bonchev–Trinajstić information content (AvgIpc) is 2.92. The molecule has 0 spiro atoms. The van der Waals surface area contributed by atoms with Crippen molar-refractivity contribution in [2.45, 2.75) is 64.3 Å². The van der Waals surface area contributed by atoms with Crippen molar-refractivity contribution in [2.75, 3.05) is 17.2 Å². The van der Waals surface area contributed by atoms with Gasteiger partial charge >= 0.3 is 0 Å². The Hall–Kier alpha value is -3.43. The summed E-state index contributed by atoms with van der Waals surface area (Å²) in [6.07, 6.45) is 16.5. The third-order valence-corrected chi connectivity index (χ3v) is 7.73. The van der Waals surface area contributed by atoms with E-state index in [1.165, 1.54) is 56.2 Å². The molecule has 37 heavy (non-hydrogen) atoms. The molecule has 1 amide bonds. The van der Waals surface area contributed by atoms with E-state index >= 15 is 0 Å². The molecule has 0 atom stereocenters. The second kappa shape index (κ2) is 11.7. The number of carbonyl (C=O) groups is 1. The van der Waals surface area contributed by atoms with Crippen LogP contribution in [0.25, 0.3) is 10.9 Å². The molecular formula is C31H34N3O2S+. The Morgan fingerprint density at radius 2 is 1.81 bits per heavy atom. The molecule has 2 aromatic carbocycles. The van der Waals surface area contributed by atoms with Gasteiger partial charge < -0.3 is 15.4 Å². The lowest BCUT2D eigenvalue weighted by atomic mass is 9.90. The number of nitrogens with zero attached hydrogens (tertiary/aromatic N) is 1. The van der Waals surface area contributed by atoms with Crippen LogP contribution in [0.4, 0.5) is 11.4 Å². The molecule has 190 valence electrons. The number of amides is 1. The van der Waals surface area contributed by atoms with Crippen molar-refractivity contribution in [3.8, 4) is 12.3 Å². The Kier molecular flexibility index (Phi) is 8.01. The first-order valence-corrected chi connectivity index (χ1v) is 13.8. The van der Waals surface area contributed by atoms with E-state index in [0.717, 1.165) is 35.1 Å². The van der Waals surface area contributed by atoms with E-state index in [1.807, 2.05) is 24.3 Å². The number of thiocarbonyl (C=S) groups is 1. The summed E-state index contributed by atoms with van der Waals surface area (Å²) in [5.41, 5.74) is 5.85. The Bertz CT molecular complexity index is 1350. The van der Waals surface area contributed by atoms with E-state index in [0.29, 0.717) is 29.8 Å². The Morgan fingerprint density at radius 3 is 2.65 bits per heavy atom. The molecule has 1 aromatic heterocycles. The van der Waals surface area contributed by atoms with Crippen LogP contribution in [0.15, 0.2) is 48.5 Å². The van der Waals surface area contributed by atoms with Crippen LogP contribution in [-0.4, -0.2) is 17.7 Å². The zero-order valence-electron chi connectivity index (χ0n) is 21.2. The van der Waals surface area contributed by atoms with Crippen LogP contribution in [-0.2, 0) is 24.1 Å². The van der Waals surface area contributed by atoms with Crippen LogP contribution in [0.5, 0.6) is 0 Å². The Balaban J connectivity index is 1.27. The van der Waals surface area contributed by atoms with Crippen LogP contribution >= 0.6 is 12.2 Å². The first kappa shape index (κ1) is 25.2. The second-order valence-corrected chi connectivity index (χ2v) is 10.5. The summed E-state index contributed by atoms with van der Waals surface area (Å²) in [7, 11) is 0. The van der Waals surface area contributed by atoms with Gasteiger partial charge in [0.2, 0.25) is 12.1 Å². The van der Waals surface area contributed by atoms with Crippen molar-refractivity contribution in [1.29, 1.82) is 0 Å². The van der Waals surface area contributed by atoms with E-state index in [4.69, 9.17) is 23.4 Å². The number of anilines is 2. The molecule has 0 unspecified atom stereocenters. The number of terminal acetylenes is 1. The zero-order chi connectivity index (χ0) is 25.6. The highest BCUT2D eigenvalue weighted by Crippen LogP contribution is 2.26. The minimum atomic E-state index is -0.175. The lowest BCUT2D eigenvalue weighted by Crippen LogP contribution is -2.41. The lowest BCUT2D eigenvalue weighted by molar-refractivity contribution is -0.667. The van der Waals surface area contributed by atoms with E-state index in [-0.39, 0.29) is 5.91 Å². The molecule has 0 aliphatic heterocycles. The summed E-state index contributed by atoms with van der Waals surface area (Å²) in [5.74, 6) is 3.21. The van der Waals surface area contributed by atoms with E-state index in [1.54, 1.807) is 12.1 Å². The van der Waals surface area contributed by atoms with Gasteiger partial charge in [-0.25, -0.2) is 0 Å². The predicted molar refractivity (Wildman–Crippen MR) is 153 cm³/mol. The van der Waals surface area contributed by atoms with Gasteiger partial charge in [0.1, 0.15) is 0 Å². The lowest BCUT2D eigenvalue weighted by Gasteiger charge is -2.22. The summed E-state index contributed by atoms with van der Waals surface area (Å²) in [6, 6.07) is 15.6. The smallest absolute Gasteiger partial charge is 0.261 e. The Morgan fingerprint density at radius 1 is 1.00 bits per heavy atom. The molecule has 6 heteroatoms. The van der Waals surface area contributed by atoms with Crippen molar-refractivity contribution >= 4 is 45.6 Å². The third kappa shape index (κ3) is 6.11. The number of benzene rings is 2.